The Labute approximate surface area is 105 Å². The molecule has 0 saturated heterocycles. The van der Waals surface area contributed by atoms with Gasteiger partial charge in [-0.2, -0.15) is 0 Å². The fourth-order valence-corrected chi connectivity index (χ4v) is 1.91. The Morgan fingerprint density at radius 1 is 1.60 bits per heavy atom. The van der Waals surface area contributed by atoms with Gasteiger partial charge in [0.05, 0.1) is 11.1 Å². The van der Waals surface area contributed by atoms with Crippen molar-refractivity contribution in [3.63, 3.8) is 0 Å². The van der Waals surface area contributed by atoms with Crippen molar-refractivity contribution in [1.82, 2.24) is 5.32 Å². The molecular weight excluding hydrogens is 273 g/mol. The molecule has 1 nitrogen and oxygen atoms in total. The summed E-state index contributed by atoms with van der Waals surface area (Å²) in [5.74, 6) is 0. The van der Waals surface area contributed by atoms with Crippen LogP contribution < -0.4 is 5.32 Å². The number of rotatable bonds is 4. The molecule has 0 aliphatic carbocycles. The van der Waals surface area contributed by atoms with Gasteiger partial charge in [-0.1, -0.05) is 36.7 Å². The molecule has 82 valence electrons. The van der Waals surface area contributed by atoms with E-state index in [1.165, 1.54) is 0 Å². The van der Waals surface area contributed by atoms with Crippen LogP contribution in [0.2, 0.25) is 5.02 Å². The van der Waals surface area contributed by atoms with Gasteiger partial charge in [0.1, 0.15) is 0 Å². The van der Waals surface area contributed by atoms with Crippen molar-refractivity contribution in [3.05, 3.63) is 45.4 Å². The molecule has 0 amide bonds. The first-order valence-corrected chi connectivity index (χ1v) is 6.07. The number of hydrogen-bond acceptors (Lipinski definition) is 1. The van der Waals surface area contributed by atoms with Gasteiger partial charge in [0.2, 0.25) is 0 Å². The Hall–Kier alpha value is -0.310. The Morgan fingerprint density at radius 3 is 2.73 bits per heavy atom. The maximum Gasteiger partial charge on any atom is 0.0551 e. The molecule has 0 fully saturated rings. The lowest BCUT2D eigenvalue weighted by molar-refractivity contribution is 0.621. The number of benzene rings is 1. The van der Waals surface area contributed by atoms with Crippen molar-refractivity contribution < 1.29 is 0 Å². The second-order valence-corrected chi connectivity index (χ2v) is 4.77. The fraction of sp³-hybridized carbons (Fsp3) is 0.333. The summed E-state index contributed by atoms with van der Waals surface area (Å²) in [5, 5.41) is 4.10. The van der Waals surface area contributed by atoms with E-state index in [1.807, 2.05) is 19.1 Å². The SMILES string of the molecule is C=C(C)C(NCC)c1ccc(Br)c(Cl)c1. The molecule has 1 atom stereocenters. The lowest BCUT2D eigenvalue weighted by Crippen LogP contribution is -2.21. The topological polar surface area (TPSA) is 12.0 Å². The third kappa shape index (κ3) is 3.33. The molecule has 1 aromatic rings. The molecule has 1 rings (SSSR count). The van der Waals surface area contributed by atoms with E-state index in [1.54, 1.807) is 0 Å². The van der Waals surface area contributed by atoms with E-state index in [2.05, 4.69) is 40.8 Å². The third-order valence-electron chi connectivity index (χ3n) is 2.18. The molecule has 0 aliphatic heterocycles. The lowest BCUT2D eigenvalue weighted by Gasteiger charge is -2.18. The Morgan fingerprint density at radius 2 is 2.27 bits per heavy atom. The van der Waals surface area contributed by atoms with E-state index in [9.17, 15) is 0 Å². The molecule has 15 heavy (non-hydrogen) atoms. The van der Waals surface area contributed by atoms with Crippen molar-refractivity contribution in [3.8, 4) is 0 Å². The summed E-state index contributed by atoms with van der Waals surface area (Å²) in [4.78, 5) is 0. The van der Waals surface area contributed by atoms with Gasteiger partial charge in [0.15, 0.2) is 0 Å². The van der Waals surface area contributed by atoms with Crippen LogP contribution in [0.15, 0.2) is 34.8 Å². The minimum atomic E-state index is 0.181. The predicted octanol–water partition coefficient (Wildman–Crippen LogP) is 4.33. The normalized spacial score (nSPS) is 12.5. The van der Waals surface area contributed by atoms with Gasteiger partial charge < -0.3 is 5.32 Å². The number of hydrogen-bond donors (Lipinski definition) is 1. The van der Waals surface area contributed by atoms with Crippen molar-refractivity contribution >= 4 is 27.5 Å². The van der Waals surface area contributed by atoms with Gasteiger partial charge in [0, 0.05) is 4.47 Å². The van der Waals surface area contributed by atoms with E-state index in [4.69, 9.17) is 11.6 Å². The van der Waals surface area contributed by atoms with E-state index in [-0.39, 0.29) is 6.04 Å². The van der Waals surface area contributed by atoms with Gasteiger partial charge in [-0.05, 0) is 47.1 Å². The number of likely N-dealkylation sites (N-methyl/N-ethyl adjacent to an activating group) is 1. The third-order valence-corrected chi connectivity index (χ3v) is 3.41. The highest BCUT2D eigenvalue weighted by molar-refractivity contribution is 9.10. The van der Waals surface area contributed by atoms with E-state index < -0.39 is 0 Å². The van der Waals surface area contributed by atoms with Crippen LogP contribution in [0.5, 0.6) is 0 Å². The smallest absolute Gasteiger partial charge is 0.0551 e. The zero-order valence-corrected chi connectivity index (χ0v) is 11.3. The molecule has 0 heterocycles. The van der Waals surface area contributed by atoms with Gasteiger partial charge in [-0.3, -0.25) is 0 Å². The van der Waals surface area contributed by atoms with Crippen LogP contribution in [0.1, 0.15) is 25.5 Å². The molecule has 0 aromatic heterocycles. The zero-order chi connectivity index (χ0) is 11.4. The molecule has 0 bridgehead atoms. The van der Waals surface area contributed by atoms with E-state index in [0.29, 0.717) is 0 Å². The van der Waals surface area contributed by atoms with Crippen LogP contribution >= 0.6 is 27.5 Å². The van der Waals surface area contributed by atoms with Crippen LogP contribution in [-0.4, -0.2) is 6.54 Å². The van der Waals surface area contributed by atoms with E-state index in [0.717, 1.165) is 27.2 Å². The van der Waals surface area contributed by atoms with Crippen molar-refractivity contribution in [1.29, 1.82) is 0 Å². The predicted molar refractivity (Wildman–Crippen MR) is 70.4 cm³/mol. The first-order valence-electron chi connectivity index (χ1n) is 4.90. The molecule has 1 N–H and O–H groups in total. The summed E-state index contributed by atoms with van der Waals surface area (Å²) in [6.45, 7) is 8.99. The zero-order valence-electron chi connectivity index (χ0n) is 8.98. The Kier molecular flexibility index (Phi) is 4.84. The van der Waals surface area contributed by atoms with Gasteiger partial charge >= 0.3 is 0 Å². The molecular formula is C12H15BrClN. The van der Waals surface area contributed by atoms with Crippen molar-refractivity contribution in [2.45, 2.75) is 19.9 Å². The molecule has 0 radical (unpaired) electrons. The highest BCUT2D eigenvalue weighted by atomic mass is 79.9. The van der Waals surface area contributed by atoms with Crippen LogP contribution in [0.4, 0.5) is 0 Å². The summed E-state index contributed by atoms with van der Waals surface area (Å²) >= 11 is 9.44. The van der Waals surface area contributed by atoms with Crippen LogP contribution in [-0.2, 0) is 0 Å². The minimum absolute atomic E-state index is 0.181. The maximum atomic E-state index is 6.06. The monoisotopic (exact) mass is 287 g/mol. The molecule has 0 aliphatic rings. The van der Waals surface area contributed by atoms with Crippen molar-refractivity contribution in [2.75, 3.05) is 6.54 Å². The Balaban J connectivity index is 3.01. The largest absolute Gasteiger partial charge is 0.307 e. The molecule has 3 heteroatoms. The minimum Gasteiger partial charge on any atom is -0.307 e. The lowest BCUT2D eigenvalue weighted by atomic mass is 10.0. The van der Waals surface area contributed by atoms with Gasteiger partial charge in [-0.15, -0.1) is 0 Å². The molecule has 0 saturated carbocycles. The summed E-state index contributed by atoms with van der Waals surface area (Å²) in [7, 11) is 0. The summed E-state index contributed by atoms with van der Waals surface area (Å²) in [5.41, 5.74) is 2.24. The summed E-state index contributed by atoms with van der Waals surface area (Å²) < 4.78 is 0.921. The first-order chi connectivity index (χ1) is 7.06. The van der Waals surface area contributed by atoms with Gasteiger partial charge in [0.25, 0.3) is 0 Å². The highest BCUT2D eigenvalue weighted by Crippen LogP contribution is 2.28. The number of halogens is 2. The Bertz CT molecular complexity index is 363. The molecule has 1 aromatic carbocycles. The van der Waals surface area contributed by atoms with Crippen LogP contribution in [0.3, 0.4) is 0 Å². The second-order valence-electron chi connectivity index (χ2n) is 3.51. The number of nitrogens with one attached hydrogen (secondary N) is 1. The molecule has 1 unspecified atom stereocenters. The highest BCUT2D eigenvalue weighted by Gasteiger charge is 2.11. The summed E-state index contributed by atoms with van der Waals surface area (Å²) in [6.07, 6.45) is 0. The fourth-order valence-electron chi connectivity index (χ4n) is 1.47. The van der Waals surface area contributed by atoms with Crippen molar-refractivity contribution in [2.24, 2.45) is 0 Å². The quantitative estimate of drug-likeness (QED) is 0.813. The van der Waals surface area contributed by atoms with Crippen LogP contribution in [0.25, 0.3) is 0 Å². The average molecular weight is 289 g/mol. The maximum absolute atomic E-state index is 6.06. The van der Waals surface area contributed by atoms with Crippen LogP contribution in [0, 0.1) is 0 Å². The molecule has 0 spiro atoms. The average Bonchev–Trinajstić information content (AvgIpc) is 2.18. The standard InChI is InChI=1S/C12H15BrClN/c1-4-15-12(8(2)3)9-5-6-10(13)11(14)7-9/h5-7,12,15H,2,4H2,1,3H3. The summed E-state index contributed by atoms with van der Waals surface area (Å²) in [6, 6.07) is 6.16. The second kappa shape index (κ2) is 5.69. The first kappa shape index (κ1) is 12.8. The van der Waals surface area contributed by atoms with Gasteiger partial charge in [-0.25, -0.2) is 0 Å². The van der Waals surface area contributed by atoms with E-state index >= 15 is 0 Å².